The molecular weight excluding hydrogens is 379 g/mol. The summed E-state index contributed by atoms with van der Waals surface area (Å²) < 4.78 is 15.0. The molecule has 146 valence electrons. The minimum atomic E-state index is -4.74. The number of aliphatic hydroxyl groups excluding tert-OH is 1. The molecule has 2 amide bonds. The Labute approximate surface area is 149 Å². The van der Waals surface area contributed by atoms with Crippen molar-refractivity contribution in [3.05, 3.63) is 0 Å². The molecular formula is C12H23N2O9PS. The van der Waals surface area contributed by atoms with E-state index in [1.807, 2.05) is 0 Å². The van der Waals surface area contributed by atoms with Gasteiger partial charge in [-0.1, -0.05) is 13.8 Å². The second kappa shape index (κ2) is 10.1. The average Bonchev–Trinajstić information content (AvgIpc) is 2.48. The van der Waals surface area contributed by atoms with Crippen molar-refractivity contribution in [2.75, 3.05) is 18.9 Å². The number of carboxylic acids is 1. The highest BCUT2D eigenvalue weighted by Crippen LogP contribution is 2.38. The van der Waals surface area contributed by atoms with Crippen LogP contribution in [0.4, 0.5) is 0 Å². The Morgan fingerprint density at radius 2 is 1.84 bits per heavy atom. The first-order chi connectivity index (χ1) is 11.3. The van der Waals surface area contributed by atoms with Crippen LogP contribution >= 0.6 is 20.5 Å². The normalized spacial score (nSPS) is 14.5. The fraction of sp³-hybridized carbons (Fsp3) is 0.750. The predicted octanol–water partition coefficient (Wildman–Crippen LogP) is -1.51. The topological polar surface area (TPSA) is 182 Å². The lowest BCUT2D eigenvalue weighted by Crippen LogP contribution is -2.47. The van der Waals surface area contributed by atoms with Crippen molar-refractivity contribution < 1.29 is 43.5 Å². The van der Waals surface area contributed by atoms with Crippen molar-refractivity contribution >= 4 is 38.2 Å². The van der Waals surface area contributed by atoms with E-state index in [9.17, 15) is 24.1 Å². The minimum absolute atomic E-state index is 0.0973. The number of rotatable bonds is 11. The van der Waals surface area contributed by atoms with Crippen LogP contribution in [0.15, 0.2) is 0 Å². The molecule has 0 spiro atoms. The fourth-order valence-corrected chi connectivity index (χ4v) is 2.28. The van der Waals surface area contributed by atoms with E-state index in [0.29, 0.717) is 0 Å². The lowest BCUT2D eigenvalue weighted by atomic mass is 9.87. The van der Waals surface area contributed by atoms with E-state index in [-0.39, 0.29) is 18.7 Å². The van der Waals surface area contributed by atoms with Crippen molar-refractivity contribution in [1.82, 2.24) is 10.6 Å². The third-order valence-electron chi connectivity index (χ3n) is 3.06. The number of thiol groups is 1. The number of hydrogen-bond acceptors (Lipinski definition) is 7. The van der Waals surface area contributed by atoms with Gasteiger partial charge in [0, 0.05) is 24.1 Å². The molecule has 2 atom stereocenters. The van der Waals surface area contributed by atoms with Crippen LogP contribution in [0.1, 0.15) is 20.3 Å². The molecule has 0 saturated heterocycles. The van der Waals surface area contributed by atoms with Crippen LogP contribution in [-0.2, 0) is 23.5 Å². The first-order valence-corrected chi connectivity index (χ1v) is 9.25. The van der Waals surface area contributed by atoms with Crippen LogP contribution in [0.2, 0.25) is 0 Å². The Kier molecular flexibility index (Phi) is 9.62. The number of carbonyl (C=O) groups is 3. The molecule has 11 nitrogen and oxygen atoms in total. The summed E-state index contributed by atoms with van der Waals surface area (Å²) in [5, 5.41) is 23.2. The number of phosphoric ester groups is 1. The Bertz CT molecular complexity index is 537. The molecule has 0 aromatic carbocycles. The van der Waals surface area contributed by atoms with Crippen LogP contribution in [0.3, 0.4) is 0 Å². The van der Waals surface area contributed by atoms with E-state index in [0.717, 1.165) is 0 Å². The second-order valence-electron chi connectivity index (χ2n) is 5.84. The van der Waals surface area contributed by atoms with Gasteiger partial charge in [-0.3, -0.25) is 14.1 Å². The Morgan fingerprint density at radius 3 is 2.28 bits per heavy atom. The van der Waals surface area contributed by atoms with Crippen molar-refractivity contribution in [3.8, 4) is 0 Å². The first-order valence-electron chi connectivity index (χ1n) is 7.09. The highest BCUT2D eigenvalue weighted by atomic mass is 32.1. The maximum Gasteiger partial charge on any atom is 0.469 e. The summed E-state index contributed by atoms with van der Waals surface area (Å²) in [6.45, 7) is 1.98. The predicted molar refractivity (Wildman–Crippen MR) is 88.8 cm³/mol. The SMILES string of the molecule is CC(C)(COP(=O)(O)O)[C@@H](O)C(=O)NCCC(=O)N[C@@H](CS)C(=O)O. The molecule has 0 unspecified atom stereocenters. The number of carbonyl (C=O) groups excluding carboxylic acids is 2. The summed E-state index contributed by atoms with van der Waals surface area (Å²) in [6, 6.07) is -1.15. The van der Waals surface area contributed by atoms with Crippen molar-refractivity contribution in [2.45, 2.75) is 32.4 Å². The molecule has 13 heteroatoms. The van der Waals surface area contributed by atoms with E-state index in [1.54, 1.807) is 0 Å². The van der Waals surface area contributed by atoms with Crippen molar-refractivity contribution in [3.63, 3.8) is 0 Å². The molecule has 0 fully saturated rings. The van der Waals surface area contributed by atoms with Gasteiger partial charge >= 0.3 is 13.8 Å². The van der Waals surface area contributed by atoms with Crippen LogP contribution in [0, 0.1) is 5.41 Å². The van der Waals surface area contributed by atoms with Gasteiger partial charge in [0.2, 0.25) is 11.8 Å². The summed E-state index contributed by atoms with van der Waals surface area (Å²) in [7, 11) is -4.74. The molecule has 0 heterocycles. The molecule has 0 saturated carbocycles. The number of aliphatic hydroxyl groups is 1. The van der Waals surface area contributed by atoms with Gasteiger partial charge in [0.25, 0.3) is 0 Å². The van der Waals surface area contributed by atoms with E-state index in [4.69, 9.17) is 14.9 Å². The maximum atomic E-state index is 11.8. The smallest absolute Gasteiger partial charge is 0.469 e. The highest BCUT2D eigenvalue weighted by Gasteiger charge is 2.35. The number of phosphoric acid groups is 1. The summed E-state index contributed by atoms with van der Waals surface area (Å²) in [5.74, 6) is -2.83. The Balaban J connectivity index is 4.38. The number of hydrogen-bond donors (Lipinski definition) is 7. The molecule has 0 radical (unpaired) electrons. The molecule has 0 rings (SSSR count). The standard InChI is InChI=1S/C12H23N2O9PS/c1-12(2,6-23-24(20,21)22)9(16)10(17)13-4-3-8(15)14-7(5-25)11(18)19/h7,9,16,25H,3-6H2,1-2H3,(H,13,17)(H,14,15)(H,18,19)(H2,20,21,22)/t7-,9-/m0/s1. The maximum absolute atomic E-state index is 11.8. The monoisotopic (exact) mass is 402 g/mol. The van der Waals surface area contributed by atoms with Gasteiger partial charge in [-0.05, 0) is 0 Å². The number of aliphatic carboxylic acids is 1. The molecule has 0 aliphatic rings. The zero-order valence-corrected chi connectivity index (χ0v) is 15.5. The van der Waals surface area contributed by atoms with E-state index in [1.165, 1.54) is 13.8 Å². The van der Waals surface area contributed by atoms with Gasteiger partial charge in [-0.15, -0.1) is 0 Å². The molecule has 6 N–H and O–H groups in total. The van der Waals surface area contributed by atoms with Crippen LogP contribution < -0.4 is 10.6 Å². The van der Waals surface area contributed by atoms with Gasteiger partial charge < -0.3 is 30.6 Å². The number of carboxylic acid groups (broad SMARTS) is 1. The first kappa shape index (κ1) is 23.8. The Morgan fingerprint density at radius 1 is 1.28 bits per heavy atom. The lowest BCUT2D eigenvalue weighted by Gasteiger charge is -2.29. The lowest BCUT2D eigenvalue weighted by molar-refractivity contribution is -0.141. The van der Waals surface area contributed by atoms with E-state index < -0.39 is 49.8 Å². The molecule has 0 aromatic heterocycles. The summed E-state index contributed by atoms with van der Waals surface area (Å²) in [4.78, 5) is 51.4. The summed E-state index contributed by atoms with van der Waals surface area (Å²) in [6.07, 6.45) is -1.87. The van der Waals surface area contributed by atoms with E-state index >= 15 is 0 Å². The summed E-state index contributed by atoms with van der Waals surface area (Å²) in [5.41, 5.74) is -1.30. The molecule has 25 heavy (non-hydrogen) atoms. The molecule has 0 bridgehead atoms. The number of amides is 2. The molecule has 0 aliphatic heterocycles. The van der Waals surface area contributed by atoms with Gasteiger partial charge in [0.05, 0.1) is 6.61 Å². The van der Waals surface area contributed by atoms with E-state index in [2.05, 4.69) is 27.8 Å². The second-order valence-corrected chi connectivity index (χ2v) is 7.44. The fourth-order valence-electron chi connectivity index (χ4n) is 1.53. The number of nitrogens with one attached hydrogen (secondary N) is 2. The van der Waals surface area contributed by atoms with Crippen LogP contribution in [0.5, 0.6) is 0 Å². The van der Waals surface area contributed by atoms with Gasteiger partial charge in [-0.25, -0.2) is 9.36 Å². The average molecular weight is 402 g/mol. The largest absolute Gasteiger partial charge is 0.480 e. The van der Waals surface area contributed by atoms with Crippen LogP contribution in [0.25, 0.3) is 0 Å². The molecule has 0 aromatic rings. The van der Waals surface area contributed by atoms with Gasteiger partial charge in [-0.2, -0.15) is 12.6 Å². The third kappa shape index (κ3) is 9.78. The Hall–Kier alpha value is -1.17. The highest BCUT2D eigenvalue weighted by molar-refractivity contribution is 7.80. The quantitative estimate of drug-likeness (QED) is 0.159. The summed E-state index contributed by atoms with van der Waals surface area (Å²) >= 11 is 3.79. The van der Waals surface area contributed by atoms with Crippen molar-refractivity contribution in [1.29, 1.82) is 0 Å². The van der Waals surface area contributed by atoms with Gasteiger partial charge in [0.1, 0.15) is 12.1 Å². The van der Waals surface area contributed by atoms with Crippen LogP contribution in [-0.4, -0.2) is 68.8 Å². The zero-order chi connectivity index (χ0) is 19.8. The molecule has 0 aliphatic carbocycles. The zero-order valence-electron chi connectivity index (χ0n) is 13.7. The minimum Gasteiger partial charge on any atom is -0.480 e. The van der Waals surface area contributed by atoms with Crippen molar-refractivity contribution in [2.24, 2.45) is 5.41 Å². The third-order valence-corrected chi connectivity index (χ3v) is 3.89. The van der Waals surface area contributed by atoms with Gasteiger partial charge in [0.15, 0.2) is 0 Å².